The van der Waals surface area contributed by atoms with Gasteiger partial charge in [0.15, 0.2) is 0 Å². The summed E-state index contributed by atoms with van der Waals surface area (Å²) in [6.45, 7) is 8.46. The van der Waals surface area contributed by atoms with Crippen LogP contribution in [0.5, 0.6) is 0 Å². The first-order valence-electron chi connectivity index (χ1n) is 9.51. The van der Waals surface area contributed by atoms with E-state index in [0.29, 0.717) is 6.42 Å². The van der Waals surface area contributed by atoms with Crippen LogP contribution in [-0.2, 0) is 11.2 Å². The van der Waals surface area contributed by atoms with E-state index in [1.807, 2.05) is 4.90 Å². The van der Waals surface area contributed by atoms with Crippen molar-refractivity contribution in [3.05, 3.63) is 29.6 Å². The van der Waals surface area contributed by atoms with Gasteiger partial charge < -0.3 is 10.1 Å². The van der Waals surface area contributed by atoms with E-state index in [0.717, 1.165) is 42.6 Å². The van der Waals surface area contributed by atoms with E-state index in [9.17, 15) is 14.4 Å². The second kappa shape index (κ2) is 5.30. The maximum Gasteiger partial charge on any atom is 0.234 e. The van der Waals surface area contributed by atoms with Crippen LogP contribution < -0.4 is 4.90 Å². The van der Waals surface area contributed by atoms with Gasteiger partial charge in [0.1, 0.15) is 5.82 Å². The predicted octanol–water partition coefficient (Wildman–Crippen LogP) is 4.54. The van der Waals surface area contributed by atoms with Crippen molar-refractivity contribution in [1.82, 2.24) is 0 Å². The van der Waals surface area contributed by atoms with Gasteiger partial charge >= 0.3 is 0 Å². The van der Waals surface area contributed by atoms with Crippen molar-refractivity contribution in [3.63, 3.8) is 0 Å². The summed E-state index contributed by atoms with van der Waals surface area (Å²) in [6, 6.07) is 4.81. The van der Waals surface area contributed by atoms with Crippen molar-refractivity contribution < 1.29 is 14.4 Å². The van der Waals surface area contributed by atoms with Crippen molar-refractivity contribution in [1.29, 1.82) is 0 Å². The van der Waals surface area contributed by atoms with Gasteiger partial charge in [-0.05, 0) is 61.8 Å². The molecule has 1 aromatic carbocycles. The van der Waals surface area contributed by atoms with Gasteiger partial charge in [-0.15, -0.1) is 0 Å². The first-order valence-corrected chi connectivity index (χ1v) is 9.51. The van der Waals surface area contributed by atoms with Gasteiger partial charge in [0.2, 0.25) is 5.91 Å². The number of nitrogens with zero attached hydrogens (tertiary/aromatic N) is 2. The van der Waals surface area contributed by atoms with Crippen LogP contribution >= 0.6 is 0 Å². The molecular weight excluding hydrogens is 331 g/mol. The fraction of sp³-hybridized carbons (Fsp3) is 0.619. The highest BCUT2D eigenvalue weighted by atomic mass is 19.1. The normalized spacial score (nSPS) is 36.4. The zero-order valence-corrected chi connectivity index (χ0v) is 16.0. The van der Waals surface area contributed by atoms with Crippen molar-refractivity contribution in [3.8, 4) is 0 Å². The third-order valence-corrected chi connectivity index (χ3v) is 8.06. The molecular formula is C21H27FN2O2. The van der Waals surface area contributed by atoms with Gasteiger partial charge in [-0.1, -0.05) is 25.9 Å². The first kappa shape index (κ1) is 17.5. The number of amides is 1. The third-order valence-electron chi connectivity index (χ3n) is 8.06. The lowest BCUT2D eigenvalue weighted by atomic mass is 9.64. The van der Waals surface area contributed by atoms with E-state index < -0.39 is 5.41 Å². The maximum absolute atomic E-state index is 14.0. The zero-order valence-electron chi connectivity index (χ0n) is 16.0. The molecule has 2 bridgehead atoms. The molecule has 2 saturated carbocycles. The summed E-state index contributed by atoms with van der Waals surface area (Å²) in [4.78, 5) is 15.8. The highest BCUT2D eigenvalue weighted by molar-refractivity contribution is 6.08. The molecule has 1 aliphatic heterocycles. The number of carbonyl (C=O) groups excluding carboxylic acids is 1. The van der Waals surface area contributed by atoms with Gasteiger partial charge in [0.05, 0.1) is 11.1 Å². The smallest absolute Gasteiger partial charge is 0.234 e. The quantitative estimate of drug-likeness (QED) is 0.592. The van der Waals surface area contributed by atoms with Gasteiger partial charge in [-0.3, -0.25) is 4.79 Å². The molecule has 0 aromatic heterocycles. The Labute approximate surface area is 154 Å². The second-order valence-electron chi connectivity index (χ2n) is 9.10. The van der Waals surface area contributed by atoms with E-state index in [4.69, 9.17) is 0 Å². The van der Waals surface area contributed by atoms with Crippen molar-refractivity contribution >= 4 is 17.3 Å². The Morgan fingerprint density at radius 3 is 2.69 bits per heavy atom. The number of benzene rings is 1. The van der Waals surface area contributed by atoms with Gasteiger partial charge in [-0.25, -0.2) is 4.39 Å². The average Bonchev–Trinajstić information content (AvgIpc) is 2.91. The van der Waals surface area contributed by atoms with Crippen LogP contribution in [-0.4, -0.2) is 22.9 Å². The average molecular weight is 358 g/mol. The van der Waals surface area contributed by atoms with Gasteiger partial charge in [-0.2, -0.15) is 0 Å². The Balaban J connectivity index is 1.82. The lowest BCUT2D eigenvalue weighted by molar-refractivity contribution is -0.133. The van der Waals surface area contributed by atoms with Crippen LogP contribution in [0.15, 0.2) is 23.4 Å². The predicted molar refractivity (Wildman–Crippen MR) is 99.1 cm³/mol. The van der Waals surface area contributed by atoms with E-state index in [-0.39, 0.29) is 28.6 Å². The van der Waals surface area contributed by atoms with Crippen molar-refractivity contribution in [2.24, 2.45) is 21.4 Å². The van der Waals surface area contributed by atoms with Gasteiger partial charge in [0.25, 0.3) is 0 Å². The minimum absolute atomic E-state index is 0.0765. The first-order chi connectivity index (χ1) is 12.2. The summed E-state index contributed by atoms with van der Waals surface area (Å²) in [5.74, 6) is -0.155. The number of rotatable bonds is 1. The van der Waals surface area contributed by atoms with Gasteiger partial charge in [0, 0.05) is 23.6 Å². The summed E-state index contributed by atoms with van der Waals surface area (Å²) in [6.07, 6.45) is 3.77. The SMILES string of the molecule is CC1CCc2cc(F)ccc2N1C(=O)C12CCC(C)(C(=NO)C1)C2(C)C. The van der Waals surface area contributed by atoms with E-state index in [2.05, 4.69) is 32.9 Å². The Kier molecular flexibility index (Phi) is 3.57. The zero-order chi connectivity index (χ0) is 18.9. The Morgan fingerprint density at radius 2 is 2.04 bits per heavy atom. The van der Waals surface area contributed by atoms with Crippen LogP contribution in [0.25, 0.3) is 0 Å². The molecule has 1 aromatic rings. The van der Waals surface area contributed by atoms with Crippen LogP contribution in [0.3, 0.4) is 0 Å². The number of halogens is 1. The van der Waals surface area contributed by atoms with Crippen LogP contribution in [0.2, 0.25) is 0 Å². The number of oxime groups is 1. The standard InChI is InChI=1S/C21H27FN2O2/c1-13-5-6-14-11-15(22)7-8-16(14)24(13)18(25)21-10-9-20(4,19(21,2)3)17(12-21)23-26/h7-8,11,13,26H,5-6,9-10,12H2,1-4H3. The van der Waals surface area contributed by atoms with Crippen LogP contribution in [0.4, 0.5) is 10.1 Å². The number of carbonyl (C=O) groups is 1. The summed E-state index contributed by atoms with van der Waals surface area (Å²) < 4.78 is 13.7. The fourth-order valence-electron chi connectivity index (χ4n) is 5.77. The topological polar surface area (TPSA) is 52.9 Å². The third kappa shape index (κ3) is 1.89. The molecule has 26 heavy (non-hydrogen) atoms. The highest BCUT2D eigenvalue weighted by Crippen LogP contribution is 2.71. The Hall–Kier alpha value is -1.91. The Morgan fingerprint density at radius 1 is 1.31 bits per heavy atom. The molecule has 2 aliphatic carbocycles. The molecule has 3 aliphatic rings. The minimum Gasteiger partial charge on any atom is -0.411 e. The largest absolute Gasteiger partial charge is 0.411 e. The number of anilines is 1. The molecule has 1 amide bonds. The second-order valence-corrected chi connectivity index (χ2v) is 9.10. The van der Waals surface area contributed by atoms with E-state index >= 15 is 0 Å². The number of hydrogen-bond donors (Lipinski definition) is 1. The van der Waals surface area contributed by atoms with E-state index in [1.54, 1.807) is 12.1 Å². The summed E-state index contributed by atoms with van der Waals surface area (Å²) >= 11 is 0. The molecule has 140 valence electrons. The number of aryl methyl sites for hydroxylation is 1. The summed E-state index contributed by atoms with van der Waals surface area (Å²) in [5, 5.41) is 13.1. The number of hydrogen-bond acceptors (Lipinski definition) is 3. The monoisotopic (exact) mass is 358 g/mol. The molecule has 3 atom stereocenters. The molecule has 2 fully saturated rings. The molecule has 0 radical (unpaired) electrons. The molecule has 4 nitrogen and oxygen atoms in total. The molecule has 0 saturated heterocycles. The van der Waals surface area contributed by atoms with Crippen LogP contribution in [0.1, 0.15) is 58.9 Å². The molecule has 4 rings (SSSR count). The Bertz CT molecular complexity index is 818. The molecule has 1 heterocycles. The minimum atomic E-state index is -0.569. The molecule has 5 heteroatoms. The highest BCUT2D eigenvalue weighted by Gasteiger charge is 2.72. The van der Waals surface area contributed by atoms with Crippen LogP contribution in [0, 0.1) is 22.1 Å². The maximum atomic E-state index is 14.0. The van der Waals surface area contributed by atoms with E-state index in [1.165, 1.54) is 6.07 Å². The fourth-order valence-corrected chi connectivity index (χ4v) is 5.77. The lowest BCUT2D eigenvalue weighted by Gasteiger charge is -2.45. The number of fused-ring (bicyclic) bond motifs is 3. The molecule has 1 N–H and O–H groups in total. The summed E-state index contributed by atoms with van der Waals surface area (Å²) in [5.41, 5.74) is 1.36. The molecule has 3 unspecified atom stereocenters. The molecule has 0 spiro atoms. The lowest BCUT2D eigenvalue weighted by Crippen LogP contribution is -2.53. The van der Waals surface area contributed by atoms with Crippen molar-refractivity contribution in [2.75, 3.05) is 4.90 Å². The summed E-state index contributed by atoms with van der Waals surface area (Å²) in [7, 11) is 0. The van der Waals surface area contributed by atoms with Crippen molar-refractivity contribution in [2.45, 2.75) is 65.8 Å².